The van der Waals surface area contributed by atoms with Crippen molar-refractivity contribution in [1.82, 2.24) is 10.4 Å². The molecule has 0 saturated heterocycles. The number of ether oxygens (including phenoxy) is 1. The van der Waals surface area contributed by atoms with Crippen LogP contribution in [0.15, 0.2) is 24.3 Å². The van der Waals surface area contributed by atoms with Crippen molar-refractivity contribution in [2.45, 2.75) is 6.54 Å². The number of hydrogen-bond acceptors (Lipinski definition) is 4. The predicted molar refractivity (Wildman–Crippen MR) is 61.7 cm³/mol. The molecule has 1 aromatic carbocycles. The number of nitrogens with zero attached hydrogens (tertiary/aromatic N) is 1. The first-order valence-corrected chi connectivity index (χ1v) is 5.00. The van der Waals surface area contributed by atoms with Crippen molar-refractivity contribution in [1.29, 1.82) is 0 Å². The summed E-state index contributed by atoms with van der Waals surface area (Å²) in [5.41, 5.74) is 9.08. The maximum absolute atomic E-state index is 11.3. The van der Waals surface area contributed by atoms with Crippen LogP contribution in [0.25, 0.3) is 0 Å². The summed E-state index contributed by atoms with van der Waals surface area (Å²) in [6.45, 7) is 0.502. The number of hydrogen-bond donors (Lipinski definition) is 2. The number of nitrogens with one attached hydrogen (secondary N) is 1. The molecule has 0 bridgehead atoms. The molecule has 0 heterocycles. The number of carbonyl (C=O) groups is 1. The first-order valence-electron chi connectivity index (χ1n) is 5.00. The van der Waals surface area contributed by atoms with Gasteiger partial charge in [0, 0.05) is 20.6 Å². The molecule has 0 fully saturated rings. The Kier molecular flexibility index (Phi) is 4.75. The topological polar surface area (TPSA) is 67.6 Å². The smallest absolute Gasteiger partial charge is 0.272 e. The van der Waals surface area contributed by atoms with Gasteiger partial charge in [0.1, 0.15) is 5.75 Å². The van der Waals surface area contributed by atoms with E-state index in [0.717, 1.165) is 5.56 Å². The van der Waals surface area contributed by atoms with E-state index in [1.165, 1.54) is 0 Å². The third kappa shape index (κ3) is 4.29. The second-order valence-electron chi connectivity index (χ2n) is 3.57. The molecule has 0 spiro atoms. The van der Waals surface area contributed by atoms with Gasteiger partial charge in [-0.3, -0.25) is 10.2 Å². The molecular weight excluding hydrogens is 206 g/mol. The fraction of sp³-hybridized carbons (Fsp3) is 0.364. The fourth-order valence-electron chi connectivity index (χ4n) is 1.15. The maximum atomic E-state index is 11.3. The van der Waals surface area contributed by atoms with E-state index in [-0.39, 0.29) is 12.5 Å². The fourth-order valence-corrected chi connectivity index (χ4v) is 1.15. The van der Waals surface area contributed by atoms with Gasteiger partial charge in [-0.2, -0.15) is 0 Å². The number of amides is 1. The second-order valence-corrected chi connectivity index (χ2v) is 3.57. The highest BCUT2D eigenvalue weighted by atomic mass is 16.5. The highest BCUT2D eigenvalue weighted by Gasteiger charge is 2.02. The molecule has 0 radical (unpaired) electrons. The zero-order chi connectivity index (χ0) is 12.0. The molecule has 0 aromatic heterocycles. The minimum Gasteiger partial charge on any atom is -0.484 e. The average molecular weight is 223 g/mol. The molecule has 0 atom stereocenters. The summed E-state index contributed by atoms with van der Waals surface area (Å²) in [4.78, 5) is 11.3. The van der Waals surface area contributed by atoms with Gasteiger partial charge in [-0.05, 0) is 17.7 Å². The van der Waals surface area contributed by atoms with Gasteiger partial charge in [0.25, 0.3) is 5.91 Å². The van der Waals surface area contributed by atoms with Crippen LogP contribution in [0.3, 0.4) is 0 Å². The Balaban J connectivity index is 2.39. The van der Waals surface area contributed by atoms with Gasteiger partial charge < -0.3 is 10.5 Å². The summed E-state index contributed by atoms with van der Waals surface area (Å²) < 4.78 is 5.29. The van der Waals surface area contributed by atoms with Crippen LogP contribution in [0.1, 0.15) is 5.56 Å². The summed E-state index contributed by atoms with van der Waals surface area (Å²) >= 11 is 0. The molecule has 3 N–H and O–H groups in total. The Morgan fingerprint density at radius 2 is 2.00 bits per heavy atom. The number of rotatable bonds is 5. The molecule has 88 valence electrons. The molecule has 1 amide bonds. The summed E-state index contributed by atoms with van der Waals surface area (Å²) in [5.74, 6) is 0.471. The SMILES string of the molecule is CN(C)NC(=O)COc1ccc(CN)cc1. The lowest BCUT2D eigenvalue weighted by Gasteiger charge is -2.12. The van der Waals surface area contributed by atoms with Crippen molar-refractivity contribution in [3.8, 4) is 5.75 Å². The highest BCUT2D eigenvalue weighted by molar-refractivity contribution is 5.76. The van der Waals surface area contributed by atoms with Crippen molar-refractivity contribution in [3.63, 3.8) is 0 Å². The number of carbonyl (C=O) groups excluding carboxylic acids is 1. The molecule has 1 aromatic rings. The normalized spacial score (nSPS) is 10.2. The molecule has 0 saturated carbocycles. The van der Waals surface area contributed by atoms with Gasteiger partial charge in [0.05, 0.1) is 0 Å². The van der Waals surface area contributed by atoms with E-state index in [0.29, 0.717) is 12.3 Å². The highest BCUT2D eigenvalue weighted by Crippen LogP contribution is 2.11. The van der Waals surface area contributed by atoms with Crippen LogP contribution in [0, 0.1) is 0 Å². The Labute approximate surface area is 95.2 Å². The minimum atomic E-state index is -0.187. The van der Waals surface area contributed by atoms with Crippen LogP contribution in [0.5, 0.6) is 5.75 Å². The van der Waals surface area contributed by atoms with E-state index in [2.05, 4.69) is 5.43 Å². The van der Waals surface area contributed by atoms with Gasteiger partial charge in [-0.25, -0.2) is 5.01 Å². The minimum absolute atomic E-state index is 0.000150. The van der Waals surface area contributed by atoms with Crippen LogP contribution in [-0.4, -0.2) is 31.6 Å². The lowest BCUT2D eigenvalue weighted by Crippen LogP contribution is -2.39. The van der Waals surface area contributed by atoms with E-state index >= 15 is 0 Å². The molecule has 16 heavy (non-hydrogen) atoms. The van der Waals surface area contributed by atoms with Crippen LogP contribution >= 0.6 is 0 Å². The first-order chi connectivity index (χ1) is 7.61. The summed E-state index contributed by atoms with van der Waals surface area (Å²) in [6.07, 6.45) is 0. The third-order valence-electron chi connectivity index (χ3n) is 1.88. The summed E-state index contributed by atoms with van der Waals surface area (Å²) in [5, 5.41) is 1.57. The molecule has 0 aliphatic rings. The van der Waals surface area contributed by atoms with Crippen molar-refractivity contribution < 1.29 is 9.53 Å². The predicted octanol–water partition coefficient (Wildman–Crippen LogP) is 0.117. The first kappa shape index (κ1) is 12.5. The number of nitrogens with two attached hydrogens (primary N) is 1. The lowest BCUT2D eigenvalue weighted by atomic mass is 10.2. The zero-order valence-corrected chi connectivity index (χ0v) is 9.56. The molecule has 5 heteroatoms. The van der Waals surface area contributed by atoms with Crippen LogP contribution in [0.2, 0.25) is 0 Å². The van der Waals surface area contributed by atoms with Crippen molar-refractivity contribution >= 4 is 5.91 Å². The lowest BCUT2D eigenvalue weighted by molar-refractivity contribution is -0.126. The van der Waals surface area contributed by atoms with Gasteiger partial charge in [0.2, 0.25) is 0 Å². The molecule has 1 rings (SSSR count). The molecule has 0 aliphatic heterocycles. The summed E-state index contributed by atoms with van der Waals surface area (Å²) in [7, 11) is 3.49. The van der Waals surface area contributed by atoms with Crippen LogP contribution in [-0.2, 0) is 11.3 Å². The molecule has 0 unspecified atom stereocenters. The number of benzene rings is 1. The van der Waals surface area contributed by atoms with Crippen LogP contribution < -0.4 is 15.9 Å². The molecular formula is C11H17N3O2. The maximum Gasteiger partial charge on any atom is 0.272 e. The average Bonchev–Trinajstić information content (AvgIpc) is 2.26. The van der Waals surface area contributed by atoms with E-state index in [4.69, 9.17) is 10.5 Å². The van der Waals surface area contributed by atoms with Crippen molar-refractivity contribution in [2.75, 3.05) is 20.7 Å². The van der Waals surface area contributed by atoms with Crippen LogP contribution in [0.4, 0.5) is 0 Å². The van der Waals surface area contributed by atoms with Crippen molar-refractivity contribution in [2.24, 2.45) is 5.73 Å². The Morgan fingerprint density at radius 3 is 2.50 bits per heavy atom. The zero-order valence-electron chi connectivity index (χ0n) is 9.56. The standard InChI is InChI=1S/C11H17N3O2/c1-14(2)13-11(15)8-16-10-5-3-9(7-12)4-6-10/h3-6H,7-8,12H2,1-2H3,(H,13,15). The Hall–Kier alpha value is -1.59. The second kappa shape index (κ2) is 6.09. The van der Waals surface area contributed by atoms with Gasteiger partial charge in [-0.15, -0.1) is 0 Å². The van der Waals surface area contributed by atoms with E-state index in [1.807, 2.05) is 12.1 Å². The summed E-state index contributed by atoms with van der Waals surface area (Å²) in [6, 6.07) is 7.34. The van der Waals surface area contributed by atoms with Crippen molar-refractivity contribution in [3.05, 3.63) is 29.8 Å². The van der Waals surface area contributed by atoms with E-state index < -0.39 is 0 Å². The van der Waals surface area contributed by atoms with Gasteiger partial charge in [-0.1, -0.05) is 12.1 Å². The Bertz CT molecular complexity index is 336. The molecule has 0 aliphatic carbocycles. The van der Waals surface area contributed by atoms with E-state index in [1.54, 1.807) is 31.2 Å². The molecule has 5 nitrogen and oxygen atoms in total. The number of hydrazine groups is 1. The van der Waals surface area contributed by atoms with E-state index in [9.17, 15) is 4.79 Å². The largest absolute Gasteiger partial charge is 0.484 e. The monoisotopic (exact) mass is 223 g/mol. The van der Waals surface area contributed by atoms with Gasteiger partial charge >= 0.3 is 0 Å². The third-order valence-corrected chi connectivity index (χ3v) is 1.88. The van der Waals surface area contributed by atoms with Gasteiger partial charge in [0.15, 0.2) is 6.61 Å². The quantitative estimate of drug-likeness (QED) is 0.696. The Morgan fingerprint density at radius 1 is 1.38 bits per heavy atom.